The Morgan fingerprint density at radius 1 is 1.45 bits per heavy atom. The number of hydrogen-bond acceptors (Lipinski definition) is 3. The van der Waals surface area contributed by atoms with E-state index in [2.05, 4.69) is 27.7 Å². The van der Waals surface area contributed by atoms with Gasteiger partial charge in [0.05, 0.1) is 5.52 Å². The Balaban J connectivity index is 1.72. The Labute approximate surface area is 117 Å². The first-order chi connectivity index (χ1) is 9.74. The molecule has 0 aliphatic heterocycles. The maximum atomic E-state index is 12.2. The molecule has 5 heteroatoms. The van der Waals surface area contributed by atoms with Crippen LogP contribution in [0.2, 0.25) is 0 Å². The standard InChI is InChI=1S/C15H18N4O/c16-11-6-7-13-12(8-11)14(19-18-13)15(20)17-9-10-4-2-1-3-5-10/h1-2,6-8,10H,3-5,9,16H2,(H,17,20)(H,18,19). The predicted octanol–water partition coefficient (Wildman–Crippen LogP) is 2.23. The van der Waals surface area contributed by atoms with Crippen molar-refractivity contribution in [3.05, 3.63) is 36.0 Å². The monoisotopic (exact) mass is 270 g/mol. The van der Waals surface area contributed by atoms with E-state index in [1.165, 1.54) is 0 Å². The molecule has 1 atom stereocenters. The van der Waals surface area contributed by atoms with E-state index in [9.17, 15) is 4.79 Å². The Morgan fingerprint density at radius 2 is 2.35 bits per heavy atom. The van der Waals surface area contributed by atoms with Gasteiger partial charge in [0.1, 0.15) is 0 Å². The van der Waals surface area contributed by atoms with Crippen LogP contribution in [0, 0.1) is 5.92 Å². The summed E-state index contributed by atoms with van der Waals surface area (Å²) in [5.41, 5.74) is 7.63. The number of benzene rings is 1. The third-order valence-corrected chi connectivity index (χ3v) is 3.73. The summed E-state index contributed by atoms with van der Waals surface area (Å²) in [4.78, 5) is 12.2. The first-order valence-corrected chi connectivity index (χ1v) is 6.91. The van der Waals surface area contributed by atoms with Crippen molar-refractivity contribution in [1.29, 1.82) is 0 Å². The summed E-state index contributed by atoms with van der Waals surface area (Å²) in [7, 11) is 0. The predicted molar refractivity (Wildman–Crippen MR) is 79.3 cm³/mol. The van der Waals surface area contributed by atoms with Gasteiger partial charge in [-0.2, -0.15) is 5.10 Å². The summed E-state index contributed by atoms with van der Waals surface area (Å²) in [6.45, 7) is 0.694. The van der Waals surface area contributed by atoms with E-state index in [0.717, 1.165) is 30.2 Å². The van der Waals surface area contributed by atoms with Crippen molar-refractivity contribution in [3.63, 3.8) is 0 Å². The smallest absolute Gasteiger partial charge is 0.272 e. The van der Waals surface area contributed by atoms with Crippen LogP contribution in [0.4, 0.5) is 5.69 Å². The van der Waals surface area contributed by atoms with Crippen LogP contribution in [0.3, 0.4) is 0 Å². The number of hydrogen-bond donors (Lipinski definition) is 3. The van der Waals surface area contributed by atoms with E-state index in [1.807, 2.05) is 6.07 Å². The van der Waals surface area contributed by atoms with Gasteiger partial charge in [-0.1, -0.05) is 12.2 Å². The van der Waals surface area contributed by atoms with E-state index >= 15 is 0 Å². The third kappa shape index (κ3) is 2.52. The lowest BCUT2D eigenvalue weighted by Crippen LogP contribution is -2.30. The fourth-order valence-electron chi connectivity index (χ4n) is 2.57. The van der Waals surface area contributed by atoms with Crippen molar-refractivity contribution in [1.82, 2.24) is 15.5 Å². The fourth-order valence-corrected chi connectivity index (χ4v) is 2.57. The lowest BCUT2D eigenvalue weighted by molar-refractivity contribution is 0.0943. The highest BCUT2D eigenvalue weighted by Crippen LogP contribution is 2.20. The SMILES string of the molecule is Nc1ccc2[nH]nc(C(=O)NCC3CC=CCC3)c2c1. The zero-order chi connectivity index (χ0) is 13.9. The molecule has 0 saturated heterocycles. The summed E-state index contributed by atoms with van der Waals surface area (Å²) >= 11 is 0. The van der Waals surface area contributed by atoms with Crippen LogP contribution in [-0.2, 0) is 0 Å². The minimum atomic E-state index is -0.142. The van der Waals surface area contributed by atoms with E-state index in [1.54, 1.807) is 12.1 Å². The molecule has 0 fully saturated rings. The first-order valence-electron chi connectivity index (χ1n) is 6.91. The molecule has 20 heavy (non-hydrogen) atoms. The highest BCUT2D eigenvalue weighted by molar-refractivity contribution is 6.05. The molecule has 4 N–H and O–H groups in total. The number of rotatable bonds is 3. The van der Waals surface area contributed by atoms with Crippen molar-refractivity contribution in [2.24, 2.45) is 5.92 Å². The number of nitrogens with zero attached hydrogens (tertiary/aromatic N) is 1. The van der Waals surface area contributed by atoms with Gasteiger partial charge in [0.25, 0.3) is 5.91 Å². The Morgan fingerprint density at radius 3 is 3.15 bits per heavy atom. The molecule has 3 rings (SSSR count). The zero-order valence-corrected chi connectivity index (χ0v) is 11.2. The molecule has 1 amide bonds. The Hall–Kier alpha value is -2.30. The fraction of sp³-hybridized carbons (Fsp3) is 0.333. The Kier molecular flexibility index (Phi) is 3.41. The second-order valence-corrected chi connectivity index (χ2v) is 5.24. The molecule has 1 aliphatic carbocycles. The summed E-state index contributed by atoms with van der Waals surface area (Å²) in [5, 5.41) is 10.7. The Bertz CT molecular complexity index is 659. The van der Waals surface area contributed by atoms with Gasteiger partial charge in [0.2, 0.25) is 0 Å². The molecular formula is C15H18N4O. The number of nitrogen functional groups attached to an aromatic ring is 1. The van der Waals surface area contributed by atoms with Crippen LogP contribution >= 0.6 is 0 Å². The second kappa shape index (κ2) is 5.36. The van der Waals surface area contributed by atoms with Gasteiger partial charge >= 0.3 is 0 Å². The van der Waals surface area contributed by atoms with E-state index in [4.69, 9.17) is 5.73 Å². The van der Waals surface area contributed by atoms with Gasteiger partial charge in [-0.05, 0) is 43.4 Å². The molecule has 1 aliphatic rings. The molecule has 0 saturated carbocycles. The van der Waals surface area contributed by atoms with E-state index < -0.39 is 0 Å². The summed E-state index contributed by atoms with van der Waals surface area (Å²) in [6.07, 6.45) is 7.65. The third-order valence-electron chi connectivity index (χ3n) is 3.73. The molecule has 1 heterocycles. The second-order valence-electron chi connectivity index (χ2n) is 5.24. The number of aromatic amines is 1. The number of H-pyrrole nitrogens is 1. The van der Waals surface area contributed by atoms with E-state index in [-0.39, 0.29) is 5.91 Å². The summed E-state index contributed by atoms with van der Waals surface area (Å²) < 4.78 is 0. The molecule has 104 valence electrons. The summed E-state index contributed by atoms with van der Waals surface area (Å²) in [5.74, 6) is 0.385. The maximum absolute atomic E-state index is 12.2. The number of nitrogens with two attached hydrogens (primary N) is 1. The quantitative estimate of drug-likeness (QED) is 0.590. The van der Waals surface area contributed by atoms with Gasteiger partial charge in [-0.3, -0.25) is 9.89 Å². The average molecular weight is 270 g/mol. The van der Waals surface area contributed by atoms with Gasteiger partial charge < -0.3 is 11.1 Å². The molecule has 0 radical (unpaired) electrons. The van der Waals surface area contributed by atoms with Crippen LogP contribution in [-0.4, -0.2) is 22.6 Å². The molecule has 1 aromatic carbocycles. The molecule has 1 aromatic heterocycles. The maximum Gasteiger partial charge on any atom is 0.272 e. The number of amides is 1. The van der Waals surface area contributed by atoms with Crippen molar-refractivity contribution >= 4 is 22.5 Å². The van der Waals surface area contributed by atoms with Crippen LogP contribution in [0.15, 0.2) is 30.4 Å². The molecule has 1 unspecified atom stereocenters. The minimum Gasteiger partial charge on any atom is -0.399 e. The van der Waals surface area contributed by atoms with Crippen LogP contribution < -0.4 is 11.1 Å². The van der Waals surface area contributed by atoms with E-state index in [0.29, 0.717) is 23.8 Å². The van der Waals surface area contributed by atoms with Crippen molar-refractivity contribution in [2.75, 3.05) is 12.3 Å². The van der Waals surface area contributed by atoms with Crippen molar-refractivity contribution < 1.29 is 4.79 Å². The molecule has 2 aromatic rings. The number of aromatic nitrogens is 2. The number of allylic oxidation sites excluding steroid dienone is 2. The molecule has 0 bridgehead atoms. The van der Waals surface area contributed by atoms with Gasteiger partial charge in [0.15, 0.2) is 5.69 Å². The number of fused-ring (bicyclic) bond motifs is 1. The molecule has 5 nitrogen and oxygen atoms in total. The number of carbonyl (C=O) groups is 1. The van der Waals surface area contributed by atoms with Crippen molar-refractivity contribution in [2.45, 2.75) is 19.3 Å². The summed E-state index contributed by atoms with van der Waals surface area (Å²) in [6, 6.07) is 5.40. The highest BCUT2D eigenvalue weighted by atomic mass is 16.1. The van der Waals surface area contributed by atoms with Gasteiger partial charge in [0, 0.05) is 17.6 Å². The first kappa shape index (κ1) is 12.7. The number of nitrogens with one attached hydrogen (secondary N) is 2. The lowest BCUT2D eigenvalue weighted by Gasteiger charge is -2.17. The number of carbonyl (C=O) groups excluding carboxylic acids is 1. The van der Waals surface area contributed by atoms with Crippen LogP contribution in [0.1, 0.15) is 29.8 Å². The van der Waals surface area contributed by atoms with Crippen LogP contribution in [0.5, 0.6) is 0 Å². The zero-order valence-electron chi connectivity index (χ0n) is 11.2. The molecular weight excluding hydrogens is 252 g/mol. The molecule has 0 spiro atoms. The van der Waals surface area contributed by atoms with Gasteiger partial charge in [-0.25, -0.2) is 0 Å². The van der Waals surface area contributed by atoms with Crippen LogP contribution in [0.25, 0.3) is 10.9 Å². The largest absolute Gasteiger partial charge is 0.399 e. The normalized spacial score (nSPS) is 18.3. The topological polar surface area (TPSA) is 83.8 Å². The minimum absolute atomic E-state index is 0.142. The highest BCUT2D eigenvalue weighted by Gasteiger charge is 2.16. The number of anilines is 1. The average Bonchev–Trinajstić information content (AvgIpc) is 2.89. The lowest BCUT2D eigenvalue weighted by atomic mass is 9.94. The van der Waals surface area contributed by atoms with Gasteiger partial charge in [-0.15, -0.1) is 0 Å². The van der Waals surface area contributed by atoms with Crippen molar-refractivity contribution in [3.8, 4) is 0 Å².